The van der Waals surface area contributed by atoms with Gasteiger partial charge in [0, 0.05) is 12.8 Å². The van der Waals surface area contributed by atoms with Crippen molar-refractivity contribution in [2.45, 2.75) is 63.9 Å². The summed E-state index contributed by atoms with van der Waals surface area (Å²) < 4.78 is 5.45. The quantitative estimate of drug-likeness (QED) is 0.501. The lowest BCUT2D eigenvalue weighted by atomic mass is 10.0. The van der Waals surface area contributed by atoms with Gasteiger partial charge in [-0.2, -0.15) is 0 Å². The highest BCUT2D eigenvalue weighted by molar-refractivity contribution is 5.67. The first-order valence-corrected chi connectivity index (χ1v) is 6.42. The van der Waals surface area contributed by atoms with Crippen LogP contribution < -0.4 is 0 Å². The Kier molecular flexibility index (Phi) is 3.53. The van der Waals surface area contributed by atoms with Crippen LogP contribution in [0.1, 0.15) is 58.3 Å². The van der Waals surface area contributed by atoms with E-state index in [4.69, 9.17) is 4.74 Å². The highest BCUT2D eigenvalue weighted by Crippen LogP contribution is 2.33. The summed E-state index contributed by atoms with van der Waals surface area (Å²) in [5.41, 5.74) is -0.436. The molecular formula is C14H20O2. The van der Waals surface area contributed by atoms with Crippen LogP contribution in [0.4, 0.5) is 0 Å². The highest BCUT2D eigenvalue weighted by Gasteiger charge is 2.35. The van der Waals surface area contributed by atoms with E-state index in [2.05, 4.69) is 11.8 Å². The zero-order valence-corrected chi connectivity index (χ0v) is 10.1. The van der Waals surface area contributed by atoms with Gasteiger partial charge in [-0.1, -0.05) is 24.7 Å². The Labute approximate surface area is 97.7 Å². The van der Waals surface area contributed by atoms with Crippen LogP contribution in [0.25, 0.3) is 0 Å². The van der Waals surface area contributed by atoms with Crippen molar-refractivity contribution in [3.63, 3.8) is 0 Å². The fourth-order valence-corrected chi connectivity index (χ4v) is 2.78. The van der Waals surface area contributed by atoms with E-state index in [-0.39, 0.29) is 5.97 Å². The molecule has 2 rings (SSSR count). The fraction of sp³-hybridized carbons (Fsp3) is 0.786. The molecule has 0 unspecified atom stereocenters. The fourth-order valence-electron chi connectivity index (χ4n) is 2.78. The van der Waals surface area contributed by atoms with Gasteiger partial charge in [-0.05, 0) is 38.5 Å². The molecule has 16 heavy (non-hydrogen) atoms. The van der Waals surface area contributed by atoms with E-state index >= 15 is 0 Å². The van der Waals surface area contributed by atoms with E-state index < -0.39 is 5.60 Å². The van der Waals surface area contributed by atoms with Crippen molar-refractivity contribution in [1.82, 2.24) is 0 Å². The molecule has 2 nitrogen and oxygen atoms in total. The number of esters is 1. The van der Waals surface area contributed by atoms with E-state index in [1.165, 1.54) is 32.6 Å². The normalized spacial score (nSPS) is 23.8. The molecule has 0 saturated heterocycles. The SMILES string of the molecule is CC(=O)OC1(C#CC2CCCC2)CCCC1. The summed E-state index contributed by atoms with van der Waals surface area (Å²) in [7, 11) is 0. The Hall–Kier alpha value is -0.970. The number of ether oxygens (including phenoxy) is 1. The summed E-state index contributed by atoms with van der Waals surface area (Å²) in [4.78, 5) is 11.1. The van der Waals surface area contributed by atoms with Crippen molar-refractivity contribution in [1.29, 1.82) is 0 Å². The first kappa shape index (κ1) is 11.5. The second-order valence-corrected chi connectivity index (χ2v) is 5.05. The maximum absolute atomic E-state index is 11.1. The van der Waals surface area contributed by atoms with Crippen LogP contribution in [0.2, 0.25) is 0 Å². The molecule has 0 amide bonds. The molecule has 2 aliphatic carbocycles. The van der Waals surface area contributed by atoms with Crippen LogP contribution in [-0.4, -0.2) is 11.6 Å². The molecule has 2 fully saturated rings. The van der Waals surface area contributed by atoms with E-state index in [0.29, 0.717) is 5.92 Å². The summed E-state index contributed by atoms with van der Waals surface area (Å²) in [5.74, 6) is 6.97. The van der Waals surface area contributed by atoms with E-state index in [1.54, 1.807) is 0 Å². The third-order valence-electron chi connectivity index (χ3n) is 3.61. The zero-order valence-electron chi connectivity index (χ0n) is 10.1. The minimum absolute atomic E-state index is 0.192. The van der Waals surface area contributed by atoms with Gasteiger partial charge in [0.15, 0.2) is 5.60 Å². The maximum atomic E-state index is 11.1. The predicted molar refractivity (Wildman–Crippen MR) is 62.7 cm³/mol. The Balaban J connectivity index is 2.03. The Morgan fingerprint density at radius 2 is 1.81 bits per heavy atom. The van der Waals surface area contributed by atoms with Crippen LogP contribution >= 0.6 is 0 Å². The lowest BCUT2D eigenvalue weighted by molar-refractivity contribution is -0.151. The van der Waals surface area contributed by atoms with Gasteiger partial charge in [-0.25, -0.2) is 0 Å². The lowest BCUT2D eigenvalue weighted by Gasteiger charge is -2.22. The molecule has 0 radical (unpaired) electrons. The van der Waals surface area contributed by atoms with Gasteiger partial charge >= 0.3 is 5.97 Å². The number of hydrogen-bond donors (Lipinski definition) is 0. The Morgan fingerprint density at radius 1 is 1.19 bits per heavy atom. The van der Waals surface area contributed by atoms with Crippen molar-refractivity contribution < 1.29 is 9.53 Å². The second-order valence-electron chi connectivity index (χ2n) is 5.05. The molecule has 2 aliphatic rings. The van der Waals surface area contributed by atoms with Gasteiger partial charge in [0.25, 0.3) is 0 Å². The molecule has 2 heteroatoms. The summed E-state index contributed by atoms with van der Waals surface area (Å²) in [6.07, 6.45) is 9.17. The molecule has 88 valence electrons. The topological polar surface area (TPSA) is 26.3 Å². The molecule has 0 aromatic carbocycles. The second kappa shape index (κ2) is 4.91. The molecule has 0 bridgehead atoms. The Bertz CT molecular complexity index is 309. The zero-order chi connectivity index (χ0) is 11.4. The smallest absolute Gasteiger partial charge is 0.304 e. The average molecular weight is 220 g/mol. The maximum Gasteiger partial charge on any atom is 0.304 e. The number of hydrogen-bond acceptors (Lipinski definition) is 2. The van der Waals surface area contributed by atoms with Crippen molar-refractivity contribution >= 4 is 5.97 Å². The van der Waals surface area contributed by atoms with Crippen LogP contribution in [0, 0.1) is 17.8 Å². The van der Waals surface area contributed by atoms with Gasteiger partial charge in [-0.15, -0.1) is 0 Å². The average Bonchev–Trinajstić information content (AvgIpc) is 2.84. The van der Waals surface area contributed by atoms with Crippen LogP contribution in [0.5, 0.6) is 0 Å². The van der Waals surface area contributed by atoms with Gasteiger partial charge in [0.1, 0.15) is 0 Å². The minimum atomic E-state index is -0.436. The van der Waals surface area contributed by atoms with Crippen molar-refractivity contribution in [3.05, 3.63) is 0 Å². The number of carbonyl (C=O) groups is 1. The molecule has 0 aromatic heterocycles. The van der Waals surface area contributed by atoms with Crippen molar-refractivity contribution in [3.8, 4) is 11.8 Å². The Morgan fingerprint density at radius 3 is 2.38 bits per heavy atom. The summed E-state index contributed by atoms with van der Waals surface area (Å²) in [6, 6.07) is 0. The molecule has 0 atom stereocenters. The molecule has 0 aromatic rings. The van der Waals surface area contributed by atoms with E-state index in [9.17, 15) is 4.79 Å². The molecule has 0 heterocycles. The minimum Gasteiger partial charge on any atom is -0.446 e. The van der Waals surface area contributed by atoms with Gasteiger partial charge in [-0.3, -0.25) is 4.79 Å². The predicted octanol–water partition coefficient (Wildman–Crippen LogP) is 3.06. The lowest BCUT2D eigenvalue weighted by Crippen LogP contribution is -2.29. The van der Waals surface area contributed by atoms with Gasteiger partial charge < -0.3 is 4.74 Å². The summed E-state index contributed by atoms with van der Waals surface area (Å²) >= 11 is 0. The molecule has 2 saturated carbocycles. The number of carbonyl (C=O) groups excluding carboxylic acids is 1. The van der Waals surface area contributed by atoms with Gasteiger partial charge in [0.2, 0.25) is 0 Å². The molecule has 0 spiro atoms. The first-order chi connectivity index (χ1) is 7.70. The monoisotopic (exact) mass is 220 g/mol. The van der Waals surface area contributed by atoms with Crippen LogP contribution in [0.3, 0.4) is 0 Å². The van der Waals surface area contributed by atoms with Gasteiger partial charge in [0.05, 0.1) is 0 Å². The molecular weight excluding hydrogens is 200 g/mol. The van der Waals surface area contributed by atoms with Crippen LogP contribution in [-0.2, 0) is 9.53 Å². The first-order valence-electron chi connectivity index (χ1n) is 6.42. The third kappa shape index (κ3) is 2.78. The molecule has 0 aliphatic heterocycles. The summed E-state index contributed by atoms with van der Waals surface area (Å²) in [5, 5.41) is 0. The number of rotatable bonds is 1. The van der Waals surface area contributed by atoms with E-state index in [1.807, 2.05) is 0 Å². The highest BCUT2D eigenvalue weighted by atomic mass is 16.6. The standard InChI is InChI=1S/C14H20O2/c1-12(15)16-14(9-4-5-10-14)11-8-13-6-2-3-7-13/h13H,2-7,9-10H2,1H3. The van der Waals surface area contributed by atoms with Crippen molar-refractivity contribution in [2.24, 2.45) is 5.92 Å². The van der Waals surface area contributed by atoms with Crippen molar-refractivity contribution in [2.75, 3.05) is 0 Å². The summed E-state index contributed by atoms with van der Waals surface area (Å²) in [6.45, 7) is 1.48. The largest absolute Gasteiger partial charge is 0.446 e. The van der Waals surface area contributed by atoms with E-state index in [0.717, 1.165) is 25.7 Å². The van der Waals surface area contributed by atoms with Crippen LogP contribution in [0.15, 0.2) is 0 Å². The molecule has 0 N–H and O–H groups in total. The third-order valence-corrected chi connectivity index (χ3v) is 3.61.